The highest BCUT2D eigenvalue weighted by molar-refractivity contribution is 5.90. The van der Waals surface area contributed by atoms with Crippen LogP contribution in [0.3, 0.4) is 0 Å². The van der Waals surface area contributed by atoms with Crippen molar-refractivity contribution in [2.45, 2.75) is 26.4 Å². The minimum Gasteiger partial charge on any atom is -0.497 e. The number of carbonyl (C=O) groups excluding carboxylic acids is 1. The topological polar surface area (TPSA) is 59.3 Å². The van der Waals surface area contributed by atoms with E-state index in [0.717, 1.165) is 28.5 Å². The van der Waals surface area contributed by atoms with E-state index < -0.39 is 0 Å². The van der Waals surface area contributed by atoms with E-state index >= 15 is 0 Å². The molecule has 0 saturated carbocycles. The molecular formula is C17H17NO3. The van der Waals surface area contributed by atoms with Crippen molar-refractivity contribution in [1.82, 2.24) is 0 Å². The Morgan fingerprint density at radius 1 is 1.29 bits per heavy atom. The Morgan fingerprint density at radius 2 is 2.10 bits per heavy atom. The van der Waals surface area contributed by atoms with E-state index in [9.17, 15) is 10.1 Å². The summed E-state index contributed by atoms with van der Waals surface area (Å²) in [5.41, 5.74) is 1.26. The predicted molar refractivity (Wildman–Crippen MR) is 79.9 cm³/mol. The Bertz CT molecular complexity index is 701. The van der Waals surface area contributed by atoms with Gasteiger partial charge in [0, 0.05) is 17.4 Å². The van der Waals surface area contributed by atoms with Crippen molar-refractivity contribution in [3.63, 3.8) is 0 Å². The Labute approximate surface area is 123 Å². The van der Waals surface area contributed by atoms with Gasteiger partial charge in [-0.05, 0) is 30.0 Å². The van der Waals surface area contributed by atoms with Crippen molar-refractivity contribution in [3.8, 4) is 11.8 Å². The van der Waals surface area contributed by atoms with Gasteiger partial charge in [-0.3, -0.25) is 4.79 Å². The molecule has 0 aliphatic heterocycles. The fourth-order valence-corrected chi connectivity index (χ4v) is 2.17. The highest BCUT2D eigenvalue weighted by atomic mass is 16.5. The molecule has 0 N–H and O–H groups in total. The number of carbonyl (C=O) groups is 1. The third-order valence-corrected chi connectivity index (χ3v) is 3.27. The molecule has 108 valence electrons. The lowest BCUT2D eigenvalue weighted by Gasteiger charge is -2.09. The zero-order chi connectivity index (χ0) is 15.2. The number of nitriles is 1. The van der Waals surface area contributed by atoms with Crippen LogP contribution in [-0.2, 0) is 16.1 Å². The minimum absolute atomic E-state index is 0.129. The molecule has 0 aromatic heterocycles. The quantitative estimate of drug-likeness (QED) is 0.787. The summed E-state index contributed by atoms with van der Waals surface area (Å²) in [6.07, 6.45) is 1.15. The summed E-state index contributed by atoms with van der Waals surface area (Å²) < 4.78 is 10.4. The highest BCUT2D eigenvalue weighted by Crippen LogP contribution is 2.26. The summed E-state index contributed by atoms with van der Waals surface area (Å²) in [6.45, 7) is 2.05. The summed E-state index contributed by atoms with van der Waals surface area (Å²) in [4.78, 5) is 11.4. The standard InChI is InChI=1S/C17H17NO3/c1-3-4-17(19)21-11-13-6-5-12-9-14(20-2)7-8-15(12)16(13)10-18/h5-9H,3-4,11H2,1-2H3. The third kappa shape index (κ3) is 3.32. The summed E-state index contributed by atoms with van der Waals surface area (Å²) in [5.74, 6) is 0.504. The summed E-state index contributed by atoms with van der Waals surface area (Å²) in [7, 11) is 1.61. The Balaban J connectivity index is 2.33. The summed E-state index contributed by atoms with van der Waals surface area (Å²) in [5, 5.41) is 11.2. The Kier molecular flexibility index (Phi) is 4.78. The van der Waals surface area contributed by atoms with Gasteiger partial charge in [0.25, 0.3) is 0 Å². The second-order valence-corrected chi connectivity index (χ2v) is 4.71. The molecule has 0 unspecified atom stereocenters. The molecule has 21 heavy (non-hydrogen) atoms. The molecule has 4 heteroatoms. The van der Waals surface area contributed by atoms with Crippen molar-refractivity contribution < 1.29 is 14.3 Å². The molecule has 2 rings (SSSR count). The molecule has 0 radical (unpaired) electrons. The van der Waals surface area contributed by atoms with E-state index in [1.54, 1.807) is 7.11 Å². The highest BCUT2D eigenvalue weighted by Gasteiger charge is 2.10. The summed E-state index contributed by atoms with van der Waals surface area (Å²) in [6, 6.07) is 11.5. The van der Waals surface area contributed by atoms with Crippen LogP contribution in [0.15, 0.2) is 30.3 Å². The van der Waals surface area contributed by atoms with Crippen molar-refractivity contribution in [2.75, 3.05) is 7.11 Å². The molecule has 0 atom stereocenters. The number of rotatable bonds is 5. The van der Waals surface area contributed by atoms with E-state index in [4.69, 9.17) is 9.47 Å². The first-order valence-corrected chi connectivity index (χ1v) is 6.85. The molecular weight excluding hydrogens is 266 g/mol. The average Bonchev–Trinajstić information content (AvgIpc) is 2.51. The van der Waals surface area contributed by atoms with Crippen LogP contribution in [0.4, 0.5) is 0 Å². The van der Waals surface area contributed by atoms with E-state index in [1.807, 2.05) is 37.3 Å². The number of ether oxygens (including phenoxy) is 2. The van der Waals surface area contributed by atoms with Crippen LogP contribution in [0.5, 0.6) is 5.75 Å². The fraction of sp³-hybridized carbons (Fsp3) is 0.294. The van der Waals surface area contributed by atoms with Crippen LogP contribution >= 0.6 is 0 Å². The number of hydrogen-bond acceptors (Lipinski definition) is 4. The first-order valence-electron chi connectivity index (χ1n) is 6.85. The molecule has 4 nitrogen and oxygen atoms in total. The maximum atomic E-state index is 11.4. The summed E-state index contributed by atoms with van der Waals surface area (Å²) >= 11 is 0. The lowest BCUT2D eigenvalue weighted by Crippen LogP contribution is -2.05. The Morgan fingerprint density at radius 3 is 2.76 bits per heavy atom. The van der Waals surface area contributed by atoms with Crippen molar-refractivity contribution in [2.24, 2.45) is 0 Å². The molecule has 0 amide bonds. The SMILES string of the molecule is CCCC(=O)OCc1ccc2cc(OC)ccc2c1C#N. The van der Waals surface area contributed by atoms with Gasteiger partial charge in [0.1, 0.15) is 18.4 Å². The maximum Gasteiger partial charge on any atom is 0.306 e. The largest absolute Gasteiger partial charge is 0.497 e. The van der Waals surface area contributed by atoms with Crippen molar-refractivity contribution >= 4 is 16.7 Å². The molecule has 0 heterocycles. The van der Waals surface area contributed by atoms with E-state index in [2.05, 4.69) is 6.07 Å². The second-order valence-electron chi connectivity index (χ2n) is 4.71. The number of fused-ring (bicyclic) bond motifs is 1. The van der Waals surface area contributed by atoms with Crippen LogP contribution in [0, 0.1) is 11.3 Å². The zero-order valence-electron chi connectivity index (χ0n) is 12.2. The normalized spacial score (nSPS) is 10.1. The third-order valence-electron chi connectivity index (χ3n) is 3.27. The number of benzene rings is 2. The number of methoxy groups -OCH3 is 1. The minimum atomic E-state index is -0.240. The van der Waals surface area contributed by atoms with Gasteiger partial charge < -0.3 is 9.47 Å². The molecule has 0 spiro atoms. The molecule has 0 saturated heterocycles. The lowest BCUT2D eigenvalue weighted by atomic mass is 10.00. The van der Waals surface area contributed by atoms with Gasteiger partial charge in [-0.25, -0.2) is 0 Å². The fourth-order valence-electron chi connectivity index (χ4n) is 2.17. The molecule has 0 fully saturated rings. The molecule has 0 bridgehead atoms. The molecule has 0 aliphatic rings. The monoisotopic (exact) mass is 283 g/mol. The smallest absolute Gasteiger partial charge is 0.306 e. The zero-order valence-corrected chi connectivity index (χ0v) is 12.2. The van der Waals surface area contributed by atoms with Crippen LogP contribution in [0.1, 0.15) is 30.9 Å². The molecule has 2 aromatic rings. The van der Waals surface area contributed by atoms with Crippen LogP contribution < -0.4 is 4.74 Å². The second kappa shape index (κ2) is 6.76. The van der Waals surface area contributed by atoms with Gasteiger partial charge in [-0.15, -0.1) is 0 Å². The van der Waals surface area contributed by atoms with E-state index in [1.165, 1.54) is 0 Å². The maximum absolute atomic E-state index is 11.4. The number of hydrogen-bond donors (Lipinski definition) is 0. The van der Waals surface area contributed by atoms with E-state index in [-0.39, 0.29) is 12.6 Å². The van der Waals surface area contributed by atoms with Crippen molar-refractivity contribution in [3.05, 3.63) is 41.5 Å². The lowest BCUT2D eigenvalue weighted by molar-refractivity contribution is -0.144. The van der Waals surface area contributed by atoms with Gasteiger partial charge in [-0.1, -0.05) is 19.1 Å². The molecule has 0 aliphatic carbocycles. The Hall–Kier alpha value is -2.54. The van der Waals surface area contributed by atoms with Crippen LogP contribution in [0.25, 0.3) is 10.8 Å². The predicted octanol–water partition coefficient (Wildman–Crippen LogP) is 3.56. The van der Waals surface area contributed by atoms with Crippen LogP contribution in [-0.4, -0.2) is 13.1 Å². The van der Waals surface area contributed by atoms with Gasteiger partial charge in [-0.2, -0.15) is 5.26 Å². The van der Waals surface area contributed by atoms with Crippen molar-refractivity contribution in [1.29, 1.82) is 5.26 Å². The van der Waals surface area contributed by atoms with E-state index in [0.29, 0.717) is 12.0 Å². The van der Waals surface area contributed by atoms with Gasteiger partial charge >= 0.3 is 5.97 Å². The van der Waals surface area contributed by atoms with Gasteiger partial charge in [0.2, 0.25) is 0 Å². The number of nitrogens with zero attached hydrogens (tertiary/aromatic N) is 1. The number of esters is 1. The van der Waals surface area contributed by atoms with Gasteiger partial charge in [0.05, 0.1) is 12.7 Å². The average molecular weight is 283 g/mol. The van der Waals surface area contributed by atoms with Gasteiger partial charge in [0.15, 0.2) is 0 Å². The first kappa shape index (κ1) is 14.9. The first-order chi connectivity index (χ1) is 10.2. The molecule has 2 aromatic carbocycles. The van der Waals surface area contributed by atoms with Crippen LogP contribution in [0.2, 0.25) is 0 Å².